The van der Waals surface area contributed by atoms with Crippen LogP contribution in [0.25, 0.3) is 0 Å². The summed E-state index contributed by atoms with van der Waals surface area (Å²) in [6.45, 7) is 9.65. The van der Waals surface area contributed by atoms with E-state index in [1.54, 1.807) is 13.0 Å². The molecule has 0 bridgehead atoms. The molecule has 0 fully saturated rings. The van der Waals surface area contributed by atoms with Crippen molar-refractivity contribution in [3.05, 3.63) is 53.1 Å². The van der Waals surface area contributed by atoms with Crippen molar-refractivity contribution in [1.82, 2.24) is 0 Å². The van der Waals surface area contributed by atoms with Crippen LogP contribution in [0.2, 0.25) is 0 Å². The van der Waals surface area contributed by atoms with Gasteiger partial charge in [-0.3, -0.25) is 4.79 Å². The van der Waals surface area contributed by atoms with Gasteiger partial charge in [-0.1, -0.05) is 38.5 Å². The summed E-state index contributed by atoms with van der Waals surface area (Å²) in [5, 5.41) is 9.41. The molecule has 1 N–H and O–H groups in total. The highest BCUT2D eigenvalue weighted by atomic mass is 16.5. The average molecular weight is 386 g/mol. The lowest BCUT2D eigenvalue weighted by Crippen LogP contribution is -2.21. The number of hydrogen-bond acceptors (Lipinski definition) is 4. The number of aliphatic carboxylic acids is 1. The van der Waals surface area contributed by atoms with Gasteiger partial charge in [0.1, 0.15) is 18.5 Å². The SMILES string of the molecule is C=C(C)C1Cc2cc(COC(=O)C(C)/C(=C\CCCCC)C(=O)O)ccc2O1. The van der Waals surface area contributed by atoms with E-state index < -0.39 is 17.9 Å². The zero-order valence-electron chi connectivity index (χ0n) is 17.0. The number of esters is 1. The van der Waals surface area contributed by atoms with Gasteiger partial charge >= 0.3 is 11.9 Å². The quantitative estimate of drug-likeness (QED) is 0.270. The van der Waals surface area contributed by atoms with Crippen LogP contribution < -0.4 is 4.74 Å². The Balaban J connectivity index is 1.95. The van der Waals surface area contributed by atoms with E-state index in [1.165, 1.54) is 0 Å². The molecule has 2 rings (SSSR count). The van der Waals surface area contributed by atoms with Crippen LogP contribution in [-0.2, 0) is 27.4 Å². The molecule has 5 heteroatoms. The molecule has 152 valence electrons. The fourth-order valence-electron chi connectivity index (χ4n) is 3.17. The smallest absolute Gasteiger partial charge is 0.332 e. The third kappa shape index (κ3) is 5.72. The summed E-state index contributed by atoms with van der Waals surface area (Å²) in [5.74, 6) is -1.56. The van der Waals surface area contributed by atoms with Crippen LogP contribution in [0.5, 0.6) is 5.75 Å². The first-order valence-electron chi connectivity index (χ1n) is 9.87. The van der Waals surface area contributed by atoms with Crippen molar-refractivity contribution < 1.29 is 24.2 Å². The molecule has 0 aliphatic carbocycles. The number of carbonyl (C=O) groups excluding carboxylic acids is 1. The van der Waals surface area contributed by atoms with Gasteiger partial charge in [-0.15, -0.1) is 0 Å². The number of allylic oxidation sites excluding steroid dienone is 1. The second-order valence-electron chi connectivity index (χ2n) is 7.39. The third-order valence-electron chi connectivity index (χ3n) is 4.97. The van der Waals surface area contributed by atoms with E-state index in [1.807, 2.05) is 25.1 Å². The summed E-state index contributed by atoms with van der Waals surface area (Å²) in [7, 11) is 0. The number of benzene rings is 1. The topological polar surface area (TPSA) is 72.8 Å². The highest BCUT2D eigenvalue weighted by Crippen LogP contribution is 2.32. The Morgan fingerprint density at radius 1 is 1.39 bits per heavy atom. The Kier molecular flexibility index (Phi) is 7.85. The number of hydrogen-bond donors (Lipinski definition) is 1. The predicted octanol–water partition coefficient (Wildman–Crippen LogP) is 4.84. The third-order valence-corrected chi connectivity index (χ3v) is 4.97. The molecule has 2 atom stereocenters. The number of unbranched alkanes of at least 4 members (excludes halogenated alkanes) is 3. The maximum absolute atomic E-state index is 12.4. The number of rotatable bonds is 10. The first-order chi connectivity index (χ1) is 13.3. The molecule has 0 radical (unpaired) electrons. The van der Waals surface area contributed by atoms with E-state index in [0.717, 1.165) is 48.1 Å². The molecular formula is C23H30O5. The van der Waals surface area contributed by atoms with E-state index >= 15 is 0 Å². The van der Waals surface area contributed by atoms with Gasteiger partial charge in [-0.2, -0.15) is 0 Å². The highest BCUT2D eigenvalue weighted by molar-refractivity contribution is 5.94. The zero-order valence-corrected chi connectivity index (χ0v) is 17.0. The maximum Gasteiger partial charge on any atom is 0.332 e. The summed E-state index contributed by atoms with van der Waals surface area (Å²) in [6, 6.07) is 5.70. The van der Waals surface area contributed by atoms with Gasteiger partial charge in [0.2, 0.25) is 0 Å². The number of ether oxygens (including phenoxy) is 2. The molecule has 0 saturated heterocycles. The number of carboxylic acid groups (broad SMARTS) is 1. The van der Waals surface area contributed by atoms with Gasteiger partial charge in [-0.05, 0) is 55.5 Å². The van der Waals surface area contributed by atoms with Crippen molar-refractivity contribution in [2.45, 2.75) is 65.6 Å². The molecule has 5 nitrogen and oxygen atoms in total. The van der Waals surface area contributed by atoms with Crippen LogP contribution >= 0.6 is 0 Å². The van der Waals surface area contributed by atoms with Crippen LogP contribution in [0.4, 0.5) is 0 Å². The van der Waals surface area contributed by atoms with E-state index in [0.29, 0.717) is 6.42 Å². The largest absolute Gasteiger partial charge is 0.485 e. The summed E-state index contributed by atoms with van der Waals surface area (Å²) < 4.78 is 11.2. The lowest BCUT2D eigenvalue weighted by atomic mass is 9.99. The monoisotopic (exact) mass is 386 g/mol. The molecule has 0 amide bonds. The van der Waals surface area contributed by atoms with Gasteiger partial charge in [0.25, 0.3) is 0 Å². The second-order valence-corrected chi connectivity index (χ2v) is 7.39. The Morgan fingerprint density at radius 3 is 2.79 bits per heavy atom. The first-order valence-corrected chi connectivity index (χ1v) is 9.87. The maximum atomic E-state index is 12.4. The number of carboxylic acids is 1. The number of fused-ring (bicyclic) bond motifs is 1. The minimum Gasteiger partial charge on any atom is -0.485 e. The molecule has 0 saturated carbocycles. The average Bonchev–Trinajstić information content (AvgIpc) is 3.09. The second kappa shape index (κ2) is 10.1. The van der Waals surface area contributed by atoms with Gasteiger partial charge in [-0.25, -0.2) is 4.79 Å². The van der Waals surface area contributed by atoms with Gasteiger partial charge in [0.15, 0.2) is 0 Å². The van der Waals surface area contributed by atoms with Gasteiger partial charge in [0, 0.05) is 12.0 Å². The molecule has 1 aromatic carbocycles. The normalized spacial score (nSPS) is 16.8. The van der Waals surface area contributed by atoms with Crippen LogP contribution in [0, 0.1) is 5.92 Å². The molecule has 1 aromatic rings. The number of carbonyl (C=O) groups is 2. The Bertz CT molecular complexity index is 762. The van der Waals surface area contributed by atoms with Crippen LogP contribution in [0.1, 0.15) is 57.6 Å². The molecule has 2 unspecified atom stereocenters. The highest BCUT2D eigenvalue weighted by Gasteiger charge is 2.26. The lowest BCUT2D eigenvalue weighted by molar-refractivity contribution is -0.150. The minimum atomic E-state index is -1.07. The van der Waals surface area contributed by atoms with Crippen LogP contribution in [0.3, 0.4) is 0 Å². The summed E-state index contributed by atoms with van der Waals surface area (Å²) in [4.78, 5) is 23.9. The summed E-state index contributed by atoms with van der Waals surface area (Å²) in [6.07, 6.45) is 6.06. The Morgan fingerprint density at radius 2 is 2.14 bits per heavy atom. The van der Waals surface area contributed by atoms with Crippen molar-refractivity contribution in [1.29, 1.82) is 0 Å². The first kappa shape index (κ1) is 21.7. The Hall–Kier alpha value is -2.56. The van der Waals surface area contributed by atoms with Crippen molar-refractivity contribution in [3.8, 4) is 5.75 Å². The Labute approximate surface area is 167 Å². The fourth-order valence-corrected chi connectivity index (χ4v) is 3.17. The molecule has 1 aliphatic heterocycles. The molecule has 1 aliphatic rings. The van der Waals surface area contributed by atoms with Crippen molar-refractivity contribution in [2.75, 3.05) is 0 Å². The lowest BCUT2D eigenvalue weighted by Gasteiger charge is -2.13. The summed E-state index contributed by atoms with van der Waals surface area (Å²) in [5.41, 5.74) is 3.00. The molecule has 28 heavy (non-hydrogen) atoms. The van der Waals surface area contributed by atoms with Crippen molar-refractivity contribution in [2.24, 2.45) is 5.92 Å². The van der Waals surface area contributed by atoms with Crippen molar-refractivity contribution in [3.63, 3.8) is 0 Å². The molecule has 0 aromatic heterocycles. The van der Waals surface area contributed by atoms with E-state index in [4.69, 9.17) is 9.47 Å². The molecule has 0 spiro atoms. The standard InChI is InChI=1S/C23H30O5/c1-5-6-7-8-9-19(22(24)25)16(4)23(26)27-14-17-10-11-20-18(12-17)13-21(28-20)15(2)3/h9-12,16,21H,2,5-8,13-14H2,1,3-4H3,(H,24,25)/b19-9+. The fraction of sp³-hybridized carbons (Fsp3) is 0.478. The van der Waals surface area contributed by atoms with Gasteiger partial charge < -0.3 is 14.6 Å². The predicted molar refractivity (Wildman–Crippen MR) is 108 cm³/mol. The zero-order chi connectivity index (χ0) is 20.7. The summed E-state index contributed by atoms with van der Waals surface area (Å²) >= 11 is 0. The molecule has 1 heterocycles. The van der Waals surface area contributed by atoms with E-state index in [9.17, 15) is 14.7 Å². The van der Waals surface area contributed by atoms with Gasteiger partial charge in [0.05, 0.1) is 5.92 Å². The van der Waals surface area contributed by atoms with E-state index in [-0.39, 0.29) is 18.3 Å². The van der Waals surface area contributed by atoms with Crippen LogP contribution in [-0.4, -0.2) is 23.1 Å². The van der Waals surface area contributed by atoms with E-state index in [2.05, 4.69) is 13.5 Å². The van der Waals surface area contributed by atoms with Crippen LogP contribution in [0.15, 0.2) is 42.0 Å². The minimum absolute atomic E-state index is 0.0104. The molecular weight excluding hydrogens is 356 g/mol. The van der Waals surface area contributed by atoms with Crippen molar-refractivity contribution >= 4 is 11.9 Å².